The number of rotatable bonds is 2. The van der Waals surface area contributed by atoms with Crippen molar-refractivity contribution in [1.29, 1.82) is 0 Å². The summed E-state index contributed by atoms with van der Waals surface area (Å²) in [5, 5.41) is 3.11. The van der Waals surface area contributed by atoms with Gasteiger partial charge in [-0.2, -0.15) is 0 Å². The minimum atomic E-state index is 0.461. The van der Waals surface area contributed by atoms with E-state index < -0.39 is 0 Å². The first-order valence-electron chi connectivity index (χ1n) is 4.59. The van der Waals surface area contributed by atoms with Gasteiger partial charge in [0.1, 0.15) is 11.6 Å². The molecule has 1 rings (SSSR count). The summed E-state index contributed by atoms with van der Waals surface area (Å²) in [5.74, 6) is 2.24. The van der Waals surface area contributed by atoms with Gasteiger partial charge in [-0.3, -0.25) is 0 Å². The number of hydrogen-bond acceptors (Lipinski definition) is 3. The van der Waals surface area contributed by atoms with Crippen LogP contribution in [0, 0.1) is 13.8 Å². The Hall–Kier alpha value is -1.12. The van der Waals surface area contributed by atoms with Crippen molar-refractivity contribution >= 4 is 5.82 Å². The quantitative estimate of drug-likeness (QED) is 0.756. The molecule has 1 heterocycles. The van der Waals surface area contributed by atoms with E-state index >= 15 is 0 Å². The Labute approximate surface area is 79.6 Å². The second-order valence-corrected chi connectivity index (χ2v) is 3.52. The molecule has 72 valence electrons. The molecule has 3 heteroatoms. The molecule has 0 saturated carbocycles. The van der Waals surface area contributed by atoms with E-state index in [0.717, 1.165) is 17.3 Å². The van der Waals surface area contributed by atoms with Gasteiger partial charge >= 0.3 is 0 Å². The average molecular weight is 179 g/mol. The summed E-state index contributed by atoms with van der Waals surface area (Å²) in [5.41, 5.74) is 2.29. The third kappa shape index (κ3) is 1.97. The number of hydrogen-bond donors (Lipinski definition) is 1. The van der Waals surface area contributed by atoms with Crippen molar-refractivity contribution in [3.63, 3.8) is 0 Å². The molecule has 0 spiro atoms. The van der Waals surface area contributed by atoms with Crippen LogP contribution in [0.4, 0.5) is 5.82 Å². The fourth-order valence-corrected chi connectivity index (χ4v) is 1.60. The minimum Gasteiger partial charge on any atom is -0.373 e. The molecule has 0 aliphatic rings. The Kier molecular flexibility index (Phi) is 2.86. The van der Waals surface area contributed by atoms with Gasteiger partial charge in [-0.1, -0.05) is 13.8 Å². The van der Waals surface area contributed by atoms with E-state index in [0.29, 0.717) is 5.92 Å². The van der Waals surface area contributed by atoms with Gasteiger partial charge in [-0.15, -0.1) is 0 Å². The Balaban J connectivity index is 3.30. The zero-order valence-electron chi connectivity index (χ0n) is 8.97. The second kappa shape index (κ2) is 3.73. The number of nitrogens with zero attached hydrogens (tertiary/aromatic N) is 2. The van der Waals surface area contributed by atoms with Crippen LogP contribution in [-0.4, -0.2) is 17.0 Å². The van der Waals surface area contributed by atoms with E-state index in [1.54, 1.807) is 0 Å². The van der Waals surface area contributed by atoms with Crippen LogP contribution in [0.25, 0.3) is 0 Å². The molecular formula is C10H17N3. The zero-order chi connectivity index (χ0) is 10.0. The maximum atomic E-state index is 4.35. The summed E-state index contributed by atoms with van der Waals surface area (Å²) < 4.78 is 0. The van der Waals surface area contributed by atoms with Gasteiger partial charge in [-0.25, -0.2) is 9.97 Å². The lowest BCUT2D eigenvalue weighted by molar-refractivity contribution is 0.822. The van der Waals surface area contributed by atoms with Crippen molar-refractivity contribution in [2.45, 2.75) is 33.6 Å². The highest BCUT2D eigenvalue weighted by atomic mass is 15.0. The first-order chi connectivity index (χ1) is 6.06. The highest BCUT2D eigenvalue weighted by Gasteiger charge is 2.11. The fourth-order valence-electron chi connectivity index (χ4n) is 1.60. The number of nitrogens with one attached hydrogen (secondary N) is 1. The molecule has 0 radical (unpaired) electrons. The van der Waals surface area contributed by atoms with Gasteiger partial charge in [-0.05, 0) is 19.8 Å². The molecule has 0 unspecified atom stereocenters. The summed E-state index contributed by atoms with van der Waals surface area (Å²) in [4.78, 5) is 8.70. The smallest absolute Gasteiger partial charge is 0.133 e. The van der Waals surface area contributed by atoms with Crippen LogP contribution in [0.5, 0.6) is 0 Å². The lowest BCUT2D eigenvalue weighted by Crippen LogP contribution is -2.06. The van der Waals surface area contributed by atoms with Gasteiger partial charge < -0.3 is 5.32 Å². The largest absolute Gasteiger partial charge is 0.373 e. The molecule has 0 saturated heterocycles. The maximum absolute atomic E-state index is 4.35. The molecule has 0 aromatic carbocycles. The van der Waals surface area contributed by atoms with E-state index in [4.69, 9.17) is 0 Å². The summed E-state index contributed by atoms with van der Waals surface area (Å²) in [6, 6.07) is 0. The van der Waals surface area contributed by atoms with Crippen molar-refractivity contribution in [3.8, 4) is 0 Å². The van der Waals surface area contributed by atoms with Crippen molar-refractivity contribution < 1.29 is 0 Å². The molecular weight excluding hydrogens is 162 g/mol. The minimum absolute atomic E-state index is 0.461. The van der Waals surface area contributed by atoms with Gasteiger partial charge in [0.05, 0.1) is 0 Å². The number of anilines is 1. The lowest BCUT2D eigenvalue weighted by Gasteiger charge is -2.14. The van der Waals surface area contributed by atoms with E-state index in [-0.39, 0.29) is 0 Å². The normalized spacial score (nSPS) is 10.6. The fraction of sp³-hybridized carbons (Fsp3) is 0.600. The Bertz CT molecular complexity index is 305. The van der Waals surface area contributed by atoms with Crippen LogP contribution in [0.3, 0.4) is 0 Å². The predicted octanol–water partition coefficient (Wildman–Crippen LogP) is 2.26. The van der Waals surface area contributed by atoms with Gasteiger partial charge in [0.2, 0.25) is 0 Å². The molecule has 0 fully saturated rings. The molecule has 0 atom stereocenters. The number of aryl methyl sites for hydroxylation is 2. The van der Waals surface area contributed by atoms with Crippen LogP contribution < -0.4 is 5.32 Å². The summed E-state index contributed by atoms with van der Waals surface area (Å²) >= 11 is 0. The standard InChI is InChI=1S/C10H17N3/c1-6(2)9-7(3)12-8(4)13-10(9)11-5/h6H,1-5H3,(H,11,12,13). The Morgan fingerprint density at radius 3 is 2.23 bits per heavy atom. The molecule has 0 aliphatic carbocycles. The van der Waals surface area contributed by atoms with Gasteiger partial charge in [0.15, 0.2) is 0 Å². The third-order valence-corrected chi connectivity index (χ3v) is 2.06. The molecule has 0 aliphatic heterocycles. The second-order valence-electron chi connectivity index (χ2n) is 3.52. The van der Waals surface area contributed by atoms with Crippen LogP contribution in [0.15, 0.2) is 0 Å². The third-order valence-electron chi connectivity index (χ3n) is 2.06. The highest BCUT2D eigenvalue weighted by molar-refractivity contribution is 5.47. The van der Waals surface area contributed by atoms with E-state index in [2.05, 4.69) is 29.1 Å². The highest BCUT2D eigenvalue weighted by Crippen LogP contribution is 2.24. The number of aromatic nitrogens is 2. The summed E-state index contributed by atoms with van der Waals surface area (Å²) in [6.45, 7) is 8.26. The topological polar surface area (TPSA) is 37.8 Å². The molecule has 1 aromatic heterocycles. The molecule has 13 heavy (non-hydrogen) atoms. The van der Waals surface area contributed by atoms with Crippen molar-refractivity contribution in [2.75, 3.05) is 12.4 Å². The Morgan fingerprint density at radius 2 is 1.77 bits per heavy atom. The Morgan fingerprint density at radius 1 is 1.15 bits per heavy atom. The first-order valence-corrected chi connectivity index (χ1v) is 4.59. The van der Waals surface area contributed by atoms with Crippen LogP contribution in [0.1, 0.15) is 36.8 Å². The maximum Gasteiger partial charge on any atom is 0.133 e. The molecule has 0 amide bonds. The average Bonchev–Trinajstić information content (AvgIpc) is 2.01. The SMILES string of the molecule is CNc1nc(C)nc(C)c1C(C)C. The monoisotopic (exact) mass is 179 g/mol. The molecule has 1 aromatic rings. The molecule has 0 bridgehead atoms. The molecule has 3 nitrogen and oxygen atoms in total. The van der Waals surface area contributed by atoms with Gasteiger partial charge in [0, 0.05) is 18.3 Å². The van der Waals surface area contributed by atoms with Crippen LogP contribution >= 0.6 is 0 Å². The van der Waals surface area contributed by atoms with E-state index in [9.17, 15) is 0 Å². The van der Waals surface area contributed by atoms with Crippen LogP contribution in [-0.2, 0) is 0 Å². The van der Waals surface area contributed by atoms with Gasteiger partial charge in [0.25, 0.3) is 0 Å². The van der Waals surface area contributed by atoms with Crippen molar-refractivity contribution in [3.05, 3.63) is 17.1 Å². The summed E-state index contributed by atoms with van der Waals surface area (Å²) in [6.07, 6.45) is 0. The van der Waals surface area contributed by atoms with E-state index in [1.165, 1.54) is 5.56 Å². The predicted molar refractivity (Wildman–Crippen MR) is 55.1 cm³/mol. The lowest BCUT2D eigenvalue weighted by atomic mass is 10.0. The van der Waals surface area contributed by atoms with Crippen molar-refractivity contribution in [2.24, 2.45) is 0 Å². The van der Waals surface area contributed by atoms with Crippen LogP contribution in [0.2, 0.25) is 0 Å². The van der Waals surface area contributed by atoms with Crippen molar-refractivity contribution in [1.82, 2.24) is 9.97 Å². The first kappa shape index (κ1) is 9.96. The zero-order valence-corrected chi connectivity index (χ0v) is 8.97. The van der Waals surface area contributed by atoms with E-state index in [1.807, 2.05) is 20.9 Å². The summed E-state index contributed by atoms with van der Waals surface area (Å²) in [7, 11) is 1.90. The molecule has 1 N–H and O–H groups in total.